The first-order chi connectivity index (χ1) is 14.3. The standard InChI is InChI=1S/C22H23N5O2/c28-19-14-29-21(20(27(19)17-9-10-17)16-7-4-12-23-13-16)22-24-18(25-26-22)11-8-15-5-2-1-3-6-15/h1-7,12-13,17,20-21H,8-11,14H2,(H,24,25,26)/t20-,21+/m1/s1. The van der Waals surface area contributed by atoms with Crippen LogP contribution in [0.2, 0.25) is 0 Å². The van der Waals surface area contributed by atoms with Gasteiger partial charge in [-0.15, -0.1) is 0 Å². The third kappa shape index (κ3) is 3.78. The number of H-pyrrole nitrogens is 1. The van der Waals surface area contributed by atoms with Crippen LogP contribution in [-0.4, -0.2) is 43.6 Å². The predicted octanol–water partition coefficient (Wildman–Crippen LogP) is 2.79. The number of ether oxygens (including phenoxy) is 1. The van der Waals surface area contributed by atoms with E-state index in [1.165, 1.54) is 5.56 Å². The summed E-state index contributed by atoms with van der Waals surface area (Å²) in [6.45, 7) is 0.0613. The number of nitrogens with zero attached hydrogens (tertiary/aromatic N) is 4. The first-order valence-electron chi connectivity index (χ1n) is 10.1. The zero-order valence-electron chi connectivity index (χ0n) is 16.1. The second kappa shape index (κ2) is 7.75. The Hall–Kier alpha value is -3.06. The highest BCUT2D eigenvalue weighted by molar-refractivity contribution is 5.79. The van der Waals surface area contributed by atoms with Crippen molar-refractivity contribution < 1.29 is 9.53 Å². The Kier molecular flexibility index (Phi) is 4.81. The van der Waals surface area contributed by atoms with Crippen LogP contribution < -0.4 is 0 Å². The van der Waals surface area contributed by atoms with E-state index in [-0.39, 0.29) is 24.6 Å². The van der Waals surface area contributed by atoms with E-state index in [0.29, 0.717) is 5.82 Å². The van der Waals surface area contributed by atoms with Gasteiger partial charge in [-0.3, -0.25) is 14.9 Å². The normalized spacial score (nSPS) is 22.1. The van der Waals surface area contributed by atoms with Crippen molar-refractivity contribution in [2.24, 2.45) is 0 Å². The molecule has 1 aliphatic carbocycles. The molecule has 1 aromatic carbocycles. The lowest BCUT2D eigenvalue weighted by molar-refractivity contribution is -0.160. The Morgan fingerprint density at radius 3 is 2.72 bits per heavy atom. The molecule has 0 spiro atoms. The van der Waals surface area contributed by atoms with E-state index in [1.54, 1.807) is 12.4 Å². The molecule has 7 heteroatoms. The number of carbonyl (C=O) groups excluding carboxylic acids is 1. The number of amides is 1. The molecule has 7 nitrogen and oxygen atoms in total. The first-order valence-corrected chi connectivity index (χ1v) is 10.1. The Bertz CT molecular complexity index is 971. The Labute approximate surface area is 169 Å². The van der Waals surface area contributed by atoms with Crippen molar-refractivity contribution in [1.82, 2.24) is 25.1 Å². The van der Waals surface area contributed by atoms with E-state index in [2.05, 4.69) is 27.3 Å². The van der Waals surface area contributed by atoms with Crippen LogP contribution in [0.25, 0.3) is 0 Å². The maximum absolute atomic E-state index is 12.6. The van der Waals surface area contributed by atoms with Gasteiger partial charge in [-0.1, -0.05) is 36.4 Å². The minimum Gasteiger partial charge on any atom is -0.358 e. The van der Waals surface area contributed by atoms with Crippen LogP contribution in [-0.2, 0) is 22.4 Å². The van der Waals surface area contributed by atoms with Crippen LogP contribution in [0, 0.1) is 0 Å². The molecule has 1 amide bonds. The molecule has 3 aromatic rings. The highest BCUT2D eigenvalue weighted by Gasteiger charge is 2.46. The van der Waals surface area contributed by atoms with Crippen molar-refractivity contribution in [2.45, 2.75) is 43.9 Å². The van der Waals surface area contributed by atoms with Gasteiger partial charge in [-0.25, -0.2) is 4.98 Å². The number of benzene rings is 1. The van der Waals surface area contributed by atoms with Gasteiger partial charge in [0.2, 0.25) is 5.91 Å². The van der Waals surface area contributed by atoms with E-state index in [0.717, 1.165) is 37.1 Å². The molecule has 1 saturated carbocycles. The van der Waals surface area contributed by atoms with Gasteiger partial charge in [0.15, 0.2) is 5.82 Å². The van der Waals surface area contributed by atoms with E-state index in [9.17, 15) is 4.79 Å². The number of rotatable bonds is 6. The fraction of sp³-hybridized carbons (Fsp3) is 0.364. The molecule has 1 saturated heterocycles. The summed E-state index contributed by atoms with van der Waals surface area (Å²) in [5.41, 5.74) is 2.21. The summed E-state index contributed by atoms with van der Waals surface area (Å²) in [6.07, 6.45) is 6.86. The van der Waals surface area contributed by atoms with Crippen molar-refractivity contribution in [2.75, 3.05) is 6.61 Å². The van der Waals surface area contributed by atoms with E-state index < -0.39 is 6.10 Å². The second-order valence-electron chi connectivity index (χ2n) is 7.62. The molecule has 2 atom stereocenters. The molecule has 2 fully saturated rings. The first kappa shape index (κ1) is 18.0. The van der Waals surface area contributed by atoms with Crippen LogP contribution in [0.3, 0.4) is 0 Å². The molecule has 5 rings (SSSR count). The maximum Gasteiger partial charge on any atom is 0.249 e. The Morgan fingerprint density at radius 1 is 1.10 bits per heavy atom. The summed E-state index contributed by atoms with van der Waals surface area (Å²) < 4.78 is 5.96. The fourth-order valence-electron chi connectivity index (χ4n) is 3.97. The molecule has 0 bridgehead atoms. The van der Waals surface area contributed by atoms with Crippen LogP contribution in [0.5, 0.6) is 0 Å². The van der Waals surface area contributed by atoms with Gasteiger partial charge in [-0.05, 0) is 36.5 Å². The smallest absolute Gasteiger partial charge is 0.249 e. The van der Waals surface area contributed by atoms with E-state index in [4.69, 9.17) is 9.72 Å². The number of aromatic nitrogens is 4. The molecular formula is C22H23N5O2. The molecule has 2 aromatic heterocycles. The Balaban J connectivity index is 1.40. The van der Waals surface area contributed by atoms with E-state index in [1.807, 2.05) is 35.2 Å². The third-order valence-corrected chi connectivity index (χ3v) is 5.52. The summed E-state index contributed by atoms with van der Waals surface area (Å²) >= 11 is 0. The quantitative estimate of drug-likeness (QED) is 0.701. The van der Waals surface area contributed by atoms with Crippen molar-refractivity contribution in [3.8, 4) is 0 Å². The summed E-state index contributed by atoms with van der Waals surface area (Å²) in [6, 6.07) is 14.2. The highest BCUT2D eigenvalue weighted by atomic mass is 16.5. The minimum atomic E-state index is -0.403. The van der Waals surface area contributed by atoms with Gasteiger partial charge in [0, 0.05) is 24.9 Å². The molecule has 1 N–H and O–H groups in total. The third-order valence-electron chi connectivity index (χ3n) is 5.52. The average molecular weight is 389 g/mol. The number of hydrogen-bond donors (Lipinski definition) is 1. The van der Waals surface area contributed by atoms with Gasteiger partial charge in [-0.2, -0.15) is 5.10 Å². The molecule has 1 aliphatic heterocycles. The molecule has 148 valence electrons. The van der Waals surface area contributed by atoms with Crippen molar-refractivity contribution in [1.29, 1.82) is 0 Å². The number of hydrogen-bond acceptors (Lipinski definition) is 5. The lowest BCUT2D eigenvalue weighted by Crippen LogP contribution is -2.47. The zero-order valence-corrected chi connectivity index (χ0v) is 16.1. The Morgan fingerprint density at radius 2 is 1.97 bits per heavy atom. The van der Waals surface area contributed by atoms with Gasteiger partial charge in [0.1, 0.15) is 18.5 Å². The molecule has 0 radical (unpaired) electrons. The van der Waals surface area contributed by atoms with Crippen molar-refractivity contribution in [3.63, 3.8) is 0 Å². The largest absolute Gasteiger partial charge is 0.358 e. The number of aryl methyl sites for hydroxylation is 2. The molecule has 3 heterocycles. The fourth-order valence-corrected chi connectivity index (χ4v) is 3.97. The highest BCUT2D eigenvalue weighted by Crippen LogP contribution is 2.44. The molecule has 29 heavy (non-hydrogen) atoms. The summed E-state index contributed by atoms with van der Waals surface area (Å²) in [7, 11) is 0. The summed E-state index contributed by atoms with van der Waals surface area (Å²) in [5.74, 6) is 1.45. The van der Waals surface area contributed by atoms with Gasteiger partial charge >= 0.3 is 0 Å². The van der Waals surface area contributed by atoms with Gasteiger partial charge < -0.3 is 9.64 Å². The number of pyridine rings is 1. The summed E-state index contributed by atoms with van der Waals surface area (Å²) in [5, 5.41) is 7.50. The second-order valence-corrected chi connectivity index (χ2v) is 7.62. The number of nitrogens with one attached hydrogen (secondary N) is 1. The van der Waals surface area contributed by atoms with Crippen LogP contribution in [0.1, 0.15) is 47.8 Å². The maximum atomic E-state index is 12.6. The SMILES string of the molecule is O=C1CO[C@H](c2n[nH]c(CCc3ccccc3)n2)[C@@H](c2cccnc2)N1C1CC1. The van der Waals surface area contributed by atoms with Crippen LogP contribution in [0.15, 0.2) is 54.9 Å². The lowest BCUT2D eigenvalue weighted by atomic mass is 9.98. The molecular weight excluding hydrogens is 366 g/mol. The minimum absolute atomic E-state index is 0.0254. The van der Waals surface area contributed by atoms with Gasteiger partial charge in [0.25, 0.3) is 0 Å². The lowest BCUT2D eigenvalue weighted by Gasteiger charge is -2.40. The topological polar surface area (TPSA) is 84.0 Å². The monoisotopic (exact) mass is 389 g/mol. The van der Waals surface area contributed by atoms with Crippen LogP contribution >= 0.6 is 0 Å². The average Bonchev–Trinajstić information content (AvgIpc) is 3.50. The zero-order chi connectivity index (χ0) is 19.6. The summed E-state index contributed by atoms with van der Waals surface area (Å²) in [4.78, 5) is 23.6. The van der Waals surface area contributed by atoms with Crippen molar-refractivity contribution in [3.05, 3.63) is 77.6 Å². The van der Waals surface area contributed by atoms with Crippen molar-refractivity contribution >= 4 is 5.91 Å². The van der Waals surface area contributed by atoms with E-state index >= 15 is 0 Å². The number of aromatic amines is 1. The van der Waals surface area contributed by atoms with Gasteiger partial charge in [0.05, 0.1) is 6.04 Å². The molecule has 2 aliphatic rings. The molecule has 0 unspecified atom stereocenters. The predicted molar refractivity (Wildman–Crippen MR) is 106 cm³/mol. The van der Waals surface area contributed by atoms with Crippen LogP contribution in [0.4, 0.5) is 0 Å². The number of morpholine rings is 1. The number of carbonyl (C=O) groups is 1.